The van der Waals surface area contributed by atoms with Crippen molar-refractivity contribution < 1.29 is 47.0 Å². The van der Waals surface area contributed by atoms with E-state index in [2.05, 4.69) is 44.6 Å². The molecule has 251 valence electrons. The maximum absolute atomic E-state index is 14.0. The van der Waals surface area contributed by atoms with Crippen LogP contribution in [-0.2, 0) is 22.2 Å². The molecule has 0 radical (unpaired) electrons. The van der Waals surface area contributed by atoms with E-state index in [1.54, 1.807) is 16.7 Å². The molecule has 1 amide bonds. The van der Waals surface area contributed by atoms with Crippen LogP contribution in [0.2, 0.25) is 13.1 Å². The summed E-state index contributed by atoms with van der Waals surface area (Å²) in [5.41, 5.74) is 5.29. The number of unbranched alkanes of at least 4 members (excludes halogenated alkanes) is 8. The molecule has 0 saturated heterocycles. The van der Waals surface area contributed by atoms with E-state index in [1.165, 1.54) is 141 Å². The molecule has 0 aromatic carbocycles. The third-order valence-electron chi connectivity index (χ3n) is 10.1. The molecule has 2 aliphatic carbocycles. The van der Waals surface area contributed by atoms with Crippen molar-refractivity contribution in [2.75, 3.05) is 0 Å². The first kappa shape index (κ1) is 43.5. The second-order valence-corrected chi connectivity index (χ2v) is 26.4. The first-order valence-corrected chi connectivity index (χ1v) is 25.7. The zero-order valence-electron chi connectivity index (χ0n) is 29.4. The van der Waals surface area contributed by atoms with E-state index in [9.17, 15) is 4.79 Å². The van der Waals surface area contributed by atoms with Gasteiger partial charge in [-0.25, -0.2) is 0 Å². The van der Waals surface area contributed by atoms with Crippen LogP contribution in [0.3, 0.4) is 0 Å². The zero-order valence-corrected chi connectivity index (χ0v) is 33.6. The molecular formula is C37H70Cl2NOSiTi. The topological polar surface area (TPSA) is 29.1 Å². The molecule has 2 aliphatic rings. The van der Waals surface area contributed by atoms with Gasteiger partial charge in [-0.3, -0.25) is 0 Å². The molecule has 1 unspecified atom stereocenters. The van der Waals surface area contributed by atoms with Crippen molar-refractivity contribution in [3.63, 3.8) is 0 Å². The van der Waals surface area contributed by atoms with Gasteiger partial charge in [0.2, 0.25) is 0 Å². The van der Waals surface area contributed by atoms with Gasteiger partial charge in [-0.2, -0.15) is 0 Å². The molecule has 0 aromatic heterocycles. The molecule has 0 aromatic rings. The number of rotatable bonds is 17. The largest absolute Gasteiger partial charge is 1.00 e. The van der Waals surface area contributed by atoms with Crippen LogP contribution < -0.4 is 28.6 Å². The first-order chi connectivity index (χ1) is 20.0. The molecule has 6 heteroatoms. The number of nitrogens with one attached hydrogen (secondary N) is 1. The fourth-order valence-corrected chi connectivity index (χ4v) is 18.0. The van der Waals surface area contributed by atoms with E-state index in [0.717, 1.165) is 12.8 Å². The van der Waals surface area contributed by atoms with Gasteiger partial charge in [-0.1, -0.05) is 0 Å². The van der Waals surface area contributed by atoms with Gasteiger partial charge in [0.1, 0.15) is 0 Å². The third kappa shape index (κ3) is 15.7. The van der Waals surface area contributed by atoms with E-state index in [-0.39, 0.29) is 30.7 Å². The Morgan fingerprint density at radius 1 is 0.698 bits per heavy atom. The number of halogens is 2. The van der Waals surface area contributed by atoms with Gasteiger partial charge in [0, 0.05) is 0 Å². The SMILES string of the molecule is CCCCCCCCC1=C(CCCCCC)C(CC)=[C]([Ti+2]([NH]C(=O)C2CCCCCCCCCCC2)[SiH](C)C)C1C.[Cl-].[Cl-]. The van der Waals surface area contributed by atoms with Crippen molar-refractivity contribution in [1.29, 1.82) is 0 Å². The van der Waals surface area contributed by atoms with Crippen molar-refractivity contribution >= 4 is 12.6 Å². The second-order valence-electron chi connectivity index (χ2n) is 13.8. The number of carbonyl (C=O) groups is 1. The third-order valence-corrected chi connectivity index (χ3v) is 21.4. The number of amides is 1. The molecule has 0 heterocycles. The summed E-state index contributed by atoms with van der Waals surface area (Å²) in [4.78, 5) is 14.0. The van der Waals surface area contributed by atoms with Crippen LogP contribution in [0.4, 0.5) is 0 Å². The van der Waals surface area contributed by atoms with Crippen LogP contribution >= 0.6 is 0 Å². The van der Waals surface area contributed by atoms with Gasteiger partial charge in [0.15, 0.2) is 0 Å². The maximum Gasteiger partial charge on any atom is -1.00 e. The Bertz CT molecular complexity index is 787. The number of hydrogen-bond donors (Lipinski definition) is 1. The van der Waals surface area contributed by atoms with Crippen molar-refractivity contribution in [2.45, 2.75) is 195 Å². The summed E-state index contributed by atoms with van der Waals surface area (Å²) in [5.74, 6) is 1.31. The minimum absolute atomic E-state index is 0. The van der Waals surface area contributed by atoms with Crippen LogP contribution in [-0.4, -0.2) is 12.6 Å². The van der Waals surface area contributed by atoms with Gasteiger partial charge in [-0.05, 0) is 0 Å². The van der Waals surface area contributed by atoms with Gasteiger partial charge in [0.25, 0.3) is 0 Å². The molecule has 1 atom stereocenters. The Morgan fingerprint density at radius 2 is 1.16 bits per heavy atom. The fourth-order valence-electron chi connectivity index (χ4n) is 7.54. The van der Waals surface area contributed by atoms with Crippen molar-refractivity contribution in [1.82, 2.24) is 3.80 Å². The van der Waals surface area contributed by atoms with Crippen molar-refractivity contribution in [3.05, 3.63) is 20.6 Å². The Kier molecular flexibility index (Phi) is 26.8. The second kappa shape index (κ2) is 26.5. The Labute approximate surface area is 289 Å². The normalized spacial score (nSPS) is 19.0. The minimum Gasteiger partial charge on any atom is -1.00 e. The number of allylic oxidation sites excluding steroid dienone is 4. The quantitative estimate of drug-likeness (QED) is 0.150. The van der Waals surface area contributed by atoms with Crippen molar-refractivity contribution in [3.8, 4) is 0 Å². The molecule has 1 fully saturated rings. The van der Waals surface area contributed by atoms with Crippen LogP contribution in [0.1, 0.15) is 182 Å². The average Bonchev–Trinajstić information content (AvgIpc) is 3.21. The summed E-state index contributed by atoms with van der Waals surface area (Å²) in [7, 11) is 0. The van der Waals surface area contributed by atoms with E-state index >= 15 is 0 Å². The van der Waals surface area contributed by atoms with Crippen LogP contribution in [0, 0.1) is 11.8 Å². The summed E-state index contributed by atoms with van der Waals surface area (Å²) in [6, 6.07) is 0. The summed E-state index contributed by atoms with van der Waals surface area (Å²) in [5, 5.41) is 0. The van der Waals surface area contributed by atoms with Crippen LogP contribution in [0.25, 0.3) is 0 Å². The van der Waals surface area contributed by atoms with Gasteiger partial charge >= 0.3 is 266 Å². The molecule has 1 saturated carbocycles. The predicted molar refractivity (Wildman–Crippen MR) is 182 cm³/mol. The Hall–Kier alpha value is 0.461. The van der Waals surface area contributed by atoms with E-state index in [1.807, 2.05) is 3.88 Å². The van der Waals surface area contributed by atoms with Crippen molar-refractivity contribution in [2.24, 2.45) is 11.8 Å². The van der Waals surface area contributed by atoms with E-state index < -0.39 is 24.0 Å². The Balaban J connectivity index is 0.00000882. The molecule has 0 spiro atoms. The maximum atomic E-state index is 14.0. The van der Waals surface area contributed by atoms with Gasteiger partial charge in [-0.15, -0.1) is 0 Å². The fraction of sp³-hybridized carbons (Fsp3) is 0.865. The molecule has 2 nitrogen and oxygen atoms in total. The molecular weight excluding hydrogens is 621 g/mol. The monoisotopic (exact) mass is 690 g/mol. The van der Waals surface area contributed by atoms with Gasteiger partial charge < -0.3 is 24.8 Å². The minimum atomic E-state index is -1.85. The van der Waals surface area contributed by atoms with E-state index in [4.69, 9.17) is 0 Å². The molecule has 2 rings (SSSR count). The van der Waals surface area contributed by atoms with E-state index in [0.29, 0.717) is 11.8 Å². The van der Waals surface area contributed by atoms with Crippen LogP contribution in [0.5, 0.6) is 0 Å². The smallest absolute Gasteiger partial charge is 1.00 e. The van der Waals surface area contributed by atoms with Gasteiger partial charge in [0.05, 0.1) is 0 Å². The summed E-state index contributed by atoms with van der Waals surface area (Å²) in [6.07, 6.45) is 31.7. The summed E-state index contributed by atoms with van der Waals surface area (Å²) in [6.45, 7) is 13.7. The summed E-state index contributed by atoms with van der Waals surface area (Å²) >= 11 is -1.85. The first-order valence-electron chi connectivity index (χ1n) is 18.6. The average molecular weight is 692 g/mol. The Morgan fingerprint density at radius 3 is 1.67 bits per heavy atom. The number of carbonyl (C=O) groups excluding carboxylic acids is 1. The summed E-state index contributed by atoms with van der Waals surface area (Å²) < 4.78 is 5.76. The molecule has 0 aliphatic heterocycles. The predicted octanol–water partition coefficient (Wildman–Crippen LogP) is 5.88. The number of hydrogen-bond acceptors (Lipinski definition) is 1. The zero-order chi connectivity index (χ0) is 29.9. The molecule has 0 bridgehead atoms. The van der Waals surface area contributed by atoms with Crippen LogP contribution in [0.15, 0.2) is 20.6 Å². The molecule has 43 heavy (non-hydrogen) atoms. The molecule has 1 N–H and O–H groups in total. The standard InChI is InChI=1S/C22H39.C13H25NO.C2H7Si.2ClH.Ti/c1-5-8-10-12-13-15-16-21-19(4)18-20(7-3)22(21)17-14-11-9-6-2;14-13(15)12-10-8-6-4-2-1-3-5-7-9-11-12;1-3-2;;;/h19H,5-17H2,1-4H3;12H,1-11H2,(H2,14,15);3H,1-2H3;2*1H;/q;;;;;+3/p-3.